The summed E-state index contributed by atoms with van der Waals surface area (Å²) in [6.07, 6.45) is 0. The lowest BCUT2D eigenvalue weighted by atomic mass is 10.1. The average Bonchev–Trinajstić information content (AvgIpc) is 2.61. The van der Waals surface area contributed by atoms with Gasteiger partial charge in [0.2, 0.25) is 0 Å². The first-order chi connectivity index (χ1) is 12.0. The Morgan fingerprint density at radius 2 is 2.20 bits per heavy atom. The highest BCUT2D eigenvalue weighted by Crippen LogP contribution is 2.25. The number of nitrogens with zero attached hydrogens (tertiary/aromatic N) is 5. The van der Waals surface area contributed by atoms with E-state index in [0.29, 0.717) is 28.3 Å². The SMILES string of the molecule is CN1CCN(C)[C@H](CNc2cc(C#N)c3cc([N+](=O)[O-])ccc3n2)C1. The van der Waals surface area contributed by atoms with Crippen LogP contribution in [0, 0.1) is 21.4 Å². The summed E-state index contributed by atoms with van der Waals surface area (Å²) in [5, 5.41) is 24.1. The van der Waals surface area contributed by atoms with Crippen LogP contribution in [0.3, 0.4) is 0 Å². The number of likely N-dealkylation sites (N-methyl/N-ethyl adjacent to an activating group) is 2. The third kappa shape index (κ3) is 3.68. The second-order valence-electron chi connectivity index (χ2n) is 6.40. The van der Waals surface area contributed by atoms with Crippen molar-refractivity contribution in [1.29, 1.82) is 5.26 Å². The molecule has 1 aromatic carbocycles. The first-order valence-corrected chi connectivity index (χ1v) is 8.10. The standard InChI is InChI=1S/C17H20N6O2/c1-21-5-6-22(2)14(11-21)10-19-17-7-12(9-18)15-8-13(23(24)25)3-4-16(15)20-17/h3-4,7-8,14H,5-6,10-11H2,1-2H3,(H,19,20)/t14-/m1/s1. The molecule has 130 valence electrons. The Labute approximate surface area is 145 Å². The van der Waals surface area contributed by atoms with Crippen LogP contribution in [0.1, 0.15) is 5.56 Å². The minimum absolute atomic E-state index is 0.0432. The minimum atomic E-state index is -0.470. The molecule has 0 bridgehead atoms. The summed E-state index contributed by atoms with van der Waals surface area (Å²) in [5.41, 5.74) is 0.907. The summed E-state index contributed by atoms with van der Waals surface area (Å²) in [4.78, 5) is 19.6. The Kier molecular flexibility index (Phi) is 4.79. The maximum absolute atomic E-state index is 10.9. The van der Waals surface area contributed by atoms with Gasteiger partial charge in [0, 0.05) is 49.7 Å². The zero-order valence-electron chi connectivity index (χ0n) is 14.3. The summed E-state index contributed by atoms with van der Waals surface area (Å²) in [6.45, 7) is 3.76. The smallest absolute Gasteiger partial charge is 0.270 e. The van der Waals surface area contributed by atoms with Crippen molar-refractivity contribution in [2.45, 2.75) is 6.04 Å². The van der Waals surface area contributed by atoms with Crippen LogP contribution in [0.5, 0.6) is 0 Å². The van der Waals surface area contributed by atoms with Gasteiger partial charge in [-0.3, -0.25) is 15.0 Å². The fraction of sp³-hybridized carbons (Fsp3) is 0.412. The molecule has 1 aliphatic heterocycles. The van der Waals surface area contributed by atoms with Crippen molar-refractivity contribution in [3.05, 3.63) is 39.9 Å². The van der Waals surface area contributed by atoms with Crippen LogP contribution in [0.4, 0.5) is 11.5 Å². The van der Waals surface area contributed by atoms with Gasteiger partial charge in [0.25, 0.3) is 5.69 Å². The summed E-state index contributed by atoms with van der Waals surface area (Å²) < 4.78 is 0. The second-order valence-corrected chi connectivity index (χ2v) is 6.40. The number of piperazine rings is 1. The summed E-state index contributed by atoms with van der Waals surface area (Å²) in [5.74, 6) is 0.611. The molecule has 2 aromatic rings. The molecule has 25 heavy (non-hydrogen) atoms. The minimum Gasteiger partial charge on any atom is -0.368 e. The molecule has 1 aliphatic rings. The molecule has 1 saturated heterocycles. The molecule has 8 heteroatoms. The fourth-order valence-electron chi connectivity index (χ4n) is 3.05. The number of nitrogens with one attached hydrogen (secondary N) is 1. The van der Waals surface area contributed by atoms with Gasteiger partial charge in [0.15, 0.2) is 0 Å². The third-order valence-corrected chi connectivity index (χ3v) is 4.62. The normalized spacial score (nSPS) is 18.8. The van der Waals surface area contributed by atoms with E-state index in [0.717, 1.165) is 26.2 Å². The molecule has 3 rings (SSSR count). The molecule has 0 saturated carbocycles. The van der Waals surface area contributed by atoms with Crippen molar-refractivity contribution < 1.29 is 4.92 Å². The monoisotopic (exact) mass is 340 g/mol. The predicted molar refractivity (Wildman–Crippen MR) is 95.5 cm³/mol. The number of hydrogen-bond acceptors (Lipinski definition) is 7. The van der Waals surface area contributed by atoms with E-state index in [2.05, 4.69) is 40.3 Å². The summed E-state index contributed by atoms with van der Waals surface area (Å²) in [6, 6.07) is 8.51. The number of rotatable bonds is 4. The Balaban J connectivity index is 1.84. The lowest BCUT2D eigenvalue weighted by Crippen LogP contribution is -2.52. The van der Waals surface area contributed by atoms with Gasteiger partial charge in [-0.1, -0.05) is 0 Å². The van der Waals surface area contributed by atoms with Gasteiger partial charge in [-0.15, -0.1) is 0 Å². The molecular weight excluding hydrogens is 320 g/mol. The van der Waals surface area contributed by atoms with Gasteiger partial charge in [0.05, 0.1) is 22.1 Å². The van der Waals surface area contributed by atoms with Crippen molar-refractivity contribution in [2.24, 2.45) is 0 Å². The topological polar surface area (TPSA) is 98.3 Å². The Bertz CT molecular complexity index is 847. The fourth-order valence-corrected chi connectivity index (χ4v) is 3.05. The van der Waals surface area contributed by atoms with E-state index in [1.54, 1.807) is 12.1 Å². The lowest BCUT2D eigenvalue weighted by molar-refractivity contribution is -0.384. The molecule has 1 fully saturated rings. The van der Waals surface area contributed by atoms with E-state index < -0.39 is 4.92 Å². The zero-order valence-corrected chi connectivity index (χ0v) is 14.3. The summed E-state index contributed by atoms with van der Waals surface area (Å²) in [7, 11) is 4.21. The Morgan fingerprint density at radius 3 is 2.92 bits per heavy atom. The second kappa shape index (κ2) is 7.01. The number of benzene rings is 1. The molecule has 1 atom stereocenters. The number of nitriles is 1. The van der Waals surface area contributed by atoms with E-state index in [1.165, 1.54) is 12.1 Å². The van der Waals surface area contributed by atoms with E-state index in [9.17, 15) is 15.4 Å². The number of non-ortho nitro benzene ring substituents is 1. The highest BCUT2D eigenvalue weighted by atomic mass is 16.6. The van der Waals surface area contributed by atoms with Crippen molar-refractivity contribution in [1.82, 2.24) is 14.8 Å². The zero-order chi connectivity index (χ0) is 18.0. The first kappa shape index (κ1) is 17.1. The Hall–Kier alpha value is -2.76. The van der Waals surface area contributed by atoms with Crippen LogP contribution in [0.2, 0.25) is 0 Å². The van der Waals surface area contributed by atoms with Gasteiger partial charge in [0.1, 0.15) is 5.82 Å². The van der Waals surface area contributed by atoms with Crippen molar-refractivity contribution in [3.8, 4) is 6.07 Å². The largest absolute Gasteiger partial charge is 0.368 e. The average molecular weight is 340 g/mol. The molecule has 8 nitrogen and oxygen atoms in total. The highest BCUT2D eigenvalue weighted by molar-refractivity contribution is 5.88. The molecule has 2 heterocycles. The molecule has 0 aliphatic carbocycles. The Morgan fingerprint density at radius 1 is 1.40 bits per heavy atom. The molecule has 0 radical (unpaired) electrons. The van der Waals surface area contributed by atoms with Crippen molar-refractivity contribution in [2.75, 3.05) is 45.6 Å². The van der Waals surface area contributed by atoms with Crippen molar-refractivity contribution >= 4 is 22.4 Å². The molecule has 0 unspecified atom stereocenters. The number of anilines is 1. The number of fused-ring (bicyclic) bond motifs is 1. The third-order valence-electron chi connectivity index (χ3n) is 4.62. The van der Waals surface area contributed by atoms with Gasteiger partial charge >= 0.3 is 0 Å². The van der Waals surface area contributed by atoms with Gasteiger partial charge < -0.3 is 10.2 Å². The van der Waals surface area contributed by atoms with E-state index in [4.69, 9.17) is 0 Å². The van der Waals surface area contributed by atoms with Crippen LogP contribution >= 0.6 is 0 Å². The van der Waals surface area contributed by atoms with Gasteiger partial charge in [-0.25, -0.2) is 4.98 Å². The number of pyridine rings is 1. The number of nitro groups is 1. The summed E-state index contributed by atoms with van der Waals surface area (Å²) >= 11 is 0. The number of aromatic nitrogens is 1. The van der Waals surface area contributed by atoms with E-state index >= 15 is 0 Å². The number of nitro benzene ring substituents is 1. The van der Waals surface area contributed by atoms with E-state index in [1.807, 2.05) is 0 Å². The van der Waals surface area contributed by atoms with Crippen LogP contribution < -0.4 is 5.32 Å². The maximum Gasteiger partial charge on any atom is 0.270 e. The first-order valence-electron chi connectivity index (χ1n) is 8.10. The molecule has 0 spiro atoms. The van der Waals surface area contributed by atoms with Crippen LogP contribution in [-0.4, -0.2) is 66.0 Å². The van der Waals surface area contributed by atoms with E-state index in [-0.39, 0.29) is 5.69 Å². The van der Waals surface area contributed by atoms with Gasteiger partial charge in [-0.2, -0.15) is 5.26 Å². The molecule has 1 N–H and O–H groups in total. The molecule has 0 amide bonds. The van der Waals surface area contributed by atoms with Crippen LogP contribution in [-0.2, 0) is 0 Å². The maximum atomic E-state index is 10.9. The van der Waals surface area contributed by atoms with Crippen molar-refractivity contribution in [3.63, 3.8) is 0 Å². The molecular formula is C17H20N6O2. The van der Waals surface area contributed by atoms with Crippen LogP contribution in [0.15, 0.2) is 24.3 Å². The lowest BCUT2D eigenvalue weighted by Gasteiger charge is -2.37. The highest BCUT2D eigenvalue weighted by Gasteiger charge is 2.22. The quantitative estimate of drug-likeness (QED) is 0.668. The molecule has 1 aromatic heterocycles. The van der Waals surface area contributed by atoms with Gasteiger partial charge in [-0.05, 0) is 26.2 Å². The van der Waals surface area contributed by atoms with Crippen LogP contribution in [0.25, 0.3) is 10.9 Å². The number of hydrogen-bond donors (Lipinski definition) is 1. The predicted octanol–water partition coefficient (Wildman–Crippen LogP) is 1.67.